The standard InChI is InChI=1S/C14H19F5O3Si/c1-4-22-23(20-2,21-3)8-6-5-7-9-10(15)12(17)14(19)13(18)11(9)16/h4-8H2,1-3H3. The molecule has 9 heteroatoms. The van der Waals surface area contributed by atoms with Gasteiger partial charge < -0.3 is 13.3 Å². The molecule has 3 nitrogen and oxygen atoms in total. The zero-order chi connectivity index (χ0) is 17.6. The molecule has 0 saturated carbocycles. The highest BCUT2D eigenvalue weighted by Gasteiger charge is 2.37. The molecule has 132 valence electrons. The van der Waals surface area contributed by atoms with Crippen LogP contribution in [0.15, 0.2) is 0 Å². The molecule has 0 aromatic heterocycles. The summed E-state index contributed by atoms with van der Waals surface area (Å²) < 4.78 is 82.2. The van der Waals surface area contributed by atoms with Gasteiger partial charge in [-0.25, -0.2) is 22.0 Å². The second kappa shape index (κ2) is 8.72. The maximum Gasteiger partial charge on any atom is 0.500 e. The van der Waals surface area contributed by atoms with Gasteiger partial charge in [0.05, 0.1) is 0 Å². The number of unbranched alkanes of at least 4 members (excludes halogenated alkanes) is 1. The summed E-state index contributed by atoms with van der Waals surface area (Å²) in [6, 6.07) is 0.378. The summed E-state index contributed by atoms with van der Waals surface area (Å²) in [6.07, 6.45) is 0.316. The lowest BCUT2D eigenvalue weighted by Crippen LogP contribution is -2.43. The average molecular weight is 358 g/mol. The van der Waals surface area contributed by atoms with Crippen molar-refractivity contribution in [3.05, 3.63) is 34.6 Å². The lowest BCUT2D eigenvalue weighted by Gasteiger charge is -2.25. The molecule has 0 atom stereocenters. The van der Waals surface area contributed by atoms with E-state index in [0.717, 1.165) is 0 Å². The van der Waals surface area contributed by atoms with Crippen LogP contribution in [0.1, 0.15) is 25.3 Å². The van der Waals surface area contributed by atoms with E-state index < -0.39 is 43.5 Å². The Bertz CT molecular complexity index is 509. The first-order chi connectivity index (χ1) is 10.8. The topological polar surface area (TPSA) is 27.7 Å². The summed E-state index contributed by atoms with van der Waals surface area (Å²) in [5, 5.41) is 0. The van der Waals surface area contributed by atoms with Crippen molar-refractivity contribution < 1.29 is 35.2 Å². The number of hydrogen-bond donors (Lipinski definition) is 0. The normalized spacial score (nSPS) is 12.0. The Morgan fingerprint density at radius 1 is 0.783 bits per heavy atom. The number of hydrogen-bond acceptors (Lipinski definition) is 3. The molecule has 0 saturated heterocycles. The summed E-state index contributed by atoms with van der Waals surface area (Å²) in [5.74, 6) is -9.57. The van der Waals surface area contributed by atoms with Crippen LogP contribution in [0.25, 0.3) is 0 Å². The highest BCUT2D eigenvalue weighted by molar-refractivity contribution is 6.60. The fourth-order valence-electron chi connectivity index (χ4n) is 2.21. The lowest BCUT2D eigenvalue weighted by molar-refractivity contribution is 0.103. The van der Waals surface area contributed by atoms with E-state index in [2.05, 4.69) is 0 Å². The third-order valence-corrected chi connectivity index (χ3v) is 6.39. The molecule has 0 amide bonds. The van der Waals surface area contributed by atoms with Crippen molar-refractivity contribution in [1.29, 1.82) is 0 Å². The molecule has 0 heterocycles. The summed E-state index contributed by atoms with van der Waals surface area (Å²) in [5.41, 5.74) is -0.806. The Morgan fingerprint density at radius 3 is 1.70 bits per heavy atom. The largest absolute Gasteiger partial charge is 0.500 e. The molecule has 1 rings (SSSR count). The van der Waals surface area contributed by atoms with Crippen molar-refractivity contribution in [2.45, 2.75) is 32.2 Å². The quantitative estimate of drug-likeness (QED) is 0.220. The van der Waals surface area contributed by atoms with Gasteiger partial charge in [0, 0.05) is 32.4 Å². The van der Waals surface area contributed by atoms with Crippen molar-refractivity contribution in [2.75, 3.05) is 20.8 Å². The van der Waals surface area contributed by atoms with Crippen LogP contribution in [-0.2, 0) is 19.7 Å². The zero-order valence-electron chi connectivity index (χ0n) is 13.2. The molecule has 1 aromatic rings. The minimum absolute atomic E-state index is 0.201. The molecule has 23 heavy (non-hydrogen) atoms. The van der Waals surface area contributed by atoms with Gasteiger partial charge in [-0.05, 0) is 26.2 Å². The van der Waals surface area contributed by atoms with Gasteiger partial charge in [-0.15, -0.1) is 0 Å². The maximum absolute atomic E-state index is 13.5. The van der Waals surface area contributed by atoms with Crippen LogP contribution in [0.2, 0.25) is 6.04 Å². The average Bonchev–Trinajstić information content (AvgIpc) is 2.56. The molecule has 0 bridgehead atoms. The van der Waals surface area contributed by atoms with Gasteiger partial charge in [0.15, 0.2) is 23.3 Å². The first kappa shape index (κ1) is 20.0. The molecule has 0 unspecified atom stereocenters. The van der Waals surface area contributed by atoms with Gasteiger partial charge in [0.1, 0.15) is 0 Å². The van der Waals surface area contributed by atoms with Crippen molar-refractivity contribution in [3.63, 3.8) is 0 Å². The van der Waals surface area contributed by atoms with Gasteiger partial charge in [-0.1, -0.05) is 0 Å². The van der Waals surface area contributed by atoms with Gasteiger partial charge in [0.2, 0.25) is 5.82 Å². The fourth-order valence-corrected chi connectivity index (χ4v) is 4.29. The Morgan fingerprint density at radius 2 is 1.26 bits per heavy atom. The van der Waals surface area contributed by atoms with Gasteiger partial charge in [-0.3, -0.25) is 0 Å². The van der Waals surface area contributed by atoms with Crippen molar-refractivity contribution >= 4 is 8.80 Å². The van der Waals surface area contributed by atoms with Gasteiger partial charge in [-0.2, -0.15) is 0 Å². The van der Waals surface area contributed by atoms with Crippen molar-refractivity contribution in [2.24, 2.45) is 0 Å². The van der Waals surface area contributed by atoms with E-state index in [1.165, 1.54) is 14.2 Å². The number of rotatable bonds is 9. The van der Waals surface area contributed by atoms with Gasteiger partial charge in [0.25, 0.3) is 0 Å². The molecular formula is C14H19F5O3Si. The van der Waals surface area contributed by atoms with E-state index in [1.54, 1.807) is 6.92 Å². The van der Waals surface area contributed by atoms with E-state index in [0.29, 0.717) is 19.1 Å². The minimum Gasteiger partial charge on any atom is -0.377 e. The van der Waals surface area contributed by atoms with Crippen LogP contribution in [0, 0.1) is 29.1 Å². The second-order valence-electron chi connectivity index (χ2n) is 4.78. The predicted molar refractivity (Wildman–Crippen MR) is 75.4 cm³/mol. The van der Waals surface area contributed by atoms with Crippen LogP contribution in [0.3, 0.4) is 0 Å². The lowest BCUT2D eigenvalue weighted by atomic mass is 10.1. The highest BCUT2D eigenvalue weighted by atomic mass is 28.4. The summed E-state index contributed by atoms with van der Waals surface area (Å²) in [4.78, 5) is 0. The maximum atomic E-state index is 13.5. The molecule has 0 aliphatic carbocycles. The highest BCUT2D eigenvalue weighted by Crippen LogP contribution is 2.25. The molecule has 0 spiro atoms. The second-order valence-corrected chi connectivity index (χ2v) is 7.75. The van der Waals surface area contributed by atoms with E-state index in [9.17, 15) is 22.0 Å². The third kappa shape index (κ3) is 4.49. The van der Waals surface area contributed by atoms with Crippen LogP contribution in [0.5, 0.6) is 0 Å². The first-order valence-corrected chi connectivity index (χ1v) is 9.01. The molecule has 0 aliphatic heterocycles. The predicted octanol–water partition coefficient (Wildman–Crippen LogP) is 3.97. The minimum atomic E-state index is -2.84. The summed E-state index contributed by atoms with van der Waals surface area (Å²) >= 11 is 0. The Balaban J connectivity index is 2.73. The summed E-state index contributed by atoms with van der Waals surface area (Å²) in [6.45, 7) is 2.15. The SMILES string of the molecule is CCO[Si](CCCCc1c(F)c(F)c(F)c(F)c1F)(OC)OC. The van der Waals surface area contributed by atoms with E-state index in [-0.39, 0.29) is 12.8 Å². The van der Waals surface area contributed by atoms with E-state index in [4.69, 9.17) is 13.3 Å². The van der Waals surface area contributed by atoms with Crippen LogP contribution < -0.4 is 0 Å². The van der Waals surface area contributed by atoms with Gasteiger partial charge >= 0.3 is 8.80 Å². The molecule has 0 N–H and O–H groups in total. The number of halogens is 5. The van der Waals surface area contributed by atoms with Crippen molar-refractivity contribution in [1.82, 2.24) is 0 Å². The van der Waals surface area contributed by atoms with Crippen LogP contribution in [0.4, 0.5) is 22.0 Å². The summed E-state index contributed by atoms with van der Waals surface area (Å²) in [7, 11) is 0.0446. The van der Waals surface area contributed by atoms with Crippen molar-refractivity contribution in [3.8, 4) is 0 Å². The van der Waals surface area contributed by atoms with Crippen LogP contribution in [-0.4, -0.2) is 29.6 Å². The molecule has 1 aromatic carbocycles. The van der Waals surface area contributed by atoms with E-state index >= 15 is 0 Å². The molecule has 0 radical (unpaired) electrons. The van der Waals surface area contributed by atoms with E-state index in [1.807, 2.05) is 0 Å². The molecule has 0 aliphatic rings. The molecule has 0 fully saturated rings. The monoisotopic (exact) mass is 358 g/mol. The zero-order valence-corrected chi connectivity index (χ0v) is 14.2. The third-order valence-electron chi connectivity index (χ3n) is 3.45. The Labute approximate surface area is 132 Å². The Kier molecular flexibility index (Phi) is 7.58. The number of benzene rings is 1. The smallest absolute Gasteiger partial charge is 0.377 e. The van der Waals surface area contributed by atoms with Crippen LogP contribution >= 0.6 is 0 Å². The Hall–Kier alpha value is -1.03. The first-order valence-electron chi connectivity index (χ1n) is 7.08. The molecular weight excluding hydrogens is 339 g/mol. The fraction of sp³-hybridized carbons (Fsp3) is 0.571.